The fourth-order valence-corrected chi connectivity index (χ4v) is 2.42. The van der Waals surface area contributed by atoms with Crippen LogP contribution in [0.3, 0.4) is 0 Å². The van der Waals surface area contributed by atoms with Gasteiger partial charge in [-0.25, -0.2) is 8.78 Å². The Morgan fingerprint density at radius 1 is 0.821 bits per heavy atom. The van der Waals surface area contributed by atoms with Crippen LogP contribution in [0.4, 0.5) is 31.9 Å². The van der Waals surface area contributed by atoms with E-state index in [2.05, 4.69) is 25.8 Å². The number of hydrogen-bond acceptors (Lipinski definition) is 8. The second-order valence-electron chi connectivity index (χ2n) is 5.46. The highest BCUT2D eigenvalue weighted by Gasteiger charge is 2.14. The third kappa shape index (κ3) is 4.17. The minimum Gasteiger partial charge on any atom is -0.493 e. The number of nitrogens with one attached hydrogen (secondary N) is 2. The van der Waals surface area contributed by atoms with E-state index in [4.69, 9.17) is 14.2 Å². The zero-order valence-electron chi connectivity index (χ0n) is 15.3. The topological polar surface area (TPSA) is 90.4 Å². The van der Waals surface area contributed by atoms with E-state index in [9.17, 15) is 8.78 Å². The van der Waals surface area contributed by atoms with Crippen molar-refractivity contribution in [3.05, 3.63) is 48.2 Å². The molecule has 10 heteroatoms. The quantitative estimate of drug-likeness (QED) is 0.633. The molecule has 8 nitrogen and oxygen atoms in total. The molecule has 0 atom stereocenters. The molecule has 146 valence electrons. The Morgan fingerprint density at radius 3 is 2.14 bits per heavy atom. The lowest BCUT2D eigenvalue weighted by Gasteiger charge is -2.15. The fraction of sp³-hybridized carbons (Fsp3) is 0.167. The molecule has 0 unspecified atom stereocenters. The summed E-state index contributed by atoms with van der Waals surface area (Å²) in [5.74, 6) is -0.0834. The molecule has 0 aliphatic heterocycles. The Hall–Kier alpha value is -3.69. The number of halogens is 2. The molecule has 0 fully saturated rings. The molecule has 28 heavy (non-hydrogen) atoms. The van der Waals surface area contributed by atoms with Gasteiger partial charge in [0, 0.05) is 29.6 Å². The molecule has 1 aromatic heterocycles. The molecule has 0 bridgehead atoms. The molecule has 0 saturated heterocycles. The van der Waals surface area contributed by atoms with Crippen molar-refractivity contribution in [2.45, 2.75) is 0 Å². The maximum absolute atomic E-state index is 13.3. The highest BCUT2D eigenvalue weighted by Crippen LogP contribution is 2.40. The minimum absolute atomic E-state index is 0.100. The molecule has 0 saturated carbocycles. The van der Waals surface area contributed by atoms with Gasteiger partial charge >= 0.3 is 0 Å². The molecule has 3 aromatic rings. The monoisotopic (exact) mass is 389 g/mol. The summed E-state index contributed by atoms with van der Waals surface area (Å²) in [6, 6.07) is 6.76. The van der Waals surface area contributed by atoms with Gasteiger partial charge in [-0.2, -0.15) is 10.1 Å². The number of ether oxygens (including phenoxy) is 3. The van der Waals surface area contributed by atoms with Gasteiger partial charge in [-0.05, 0) is 12.1 Å². The van der Waals surface area contributed by atoms with Gasteiger partial charge in [0.15, 0.2) is 29.0 Å². The number of anilines is 4. The van der Waals surface area contributed by atoms with Crippen LogP contribution in [0.1, 0.15) is 0 Å². The summed E-state index contributed by atoms with van der Waals surface area (Å²) in [6.45, 7) is 0. The van der Waals surface area contributed by atoms with Crippen LogP contribution in [-0.2, 0) is 0 Å². The molecule has 0 aliphatic rings. The highest BCUT2D eigenvalue weighted by molar-refractivity contribution is 5.67. The van der Waals surface area contributed by atoms with E-state index in [1.165, 1.54) is 33.6 Å². The number of rotatable bonds is 7. The first kappa shape index (κ1) is 19.1. The summed E-state index contributed by atoms with van der Waals surface area (Å²) >= 11 is 0. The van der Waals surface area contributed by atoms with Crippen LogP contribution in [0.5, 0.6) is 17.2 Å². The molecule has 1 heterocycles. The van der Waals surface area contributed by atoms with Crippen molar-refractivity contribution in [1.29, 1.82) is 0 Å². The summed E-state index contributed by atoms with van der Waals surface area (Å²) in [4.78, 5) is 4.24. The van der Waals surface area contributed by atoms with Crippen molar-refractivity contribution < 1.29 is 23.0 Å². The average Bonchev–Trinajstić information content (AvgIpc) is 2.70. The SMILES string of the molecule is COc1cc(Nc2cnnc(Nc3ccc(F)c(F)c3)n2)cc(OC)c1OC. The minimum atomic E-state index is -0.982. The van der Waals surface area contributed by atoms with Crippen LogP contribution < -0.4 is 24.8 Å². The second-order valence-corrected chi connectivity index (χ2v) is 5.46. The van der Waals surface area contributed by atoms with Gasteiger partial charge in [0.1, 0.15) is 0 Å². The normalized spacial score (nSPS) is 10.3. The molecular weight excluding hydrogens is 372 g/mol. The lowest BCUT2D eigenvalue weighted by Crippen LogP contribution is -2.03. The van der Waals surface area contributed by atoms with Crippen molar-refractivity contribution in [1.82, 2.24) is 15.2 Å². The molecule has 0 spiro atoms. The molecule has 2 aromatic carbocycles. The lowest BCUT2D eigenvalue weighted by molar-refractivity contribution is 0.324. The summed E-state index contributed by atoms with van der Waals surface area (Å²) in [6.07, 6.45) is 1.40. The Balaban J connectivity index is 1.83. The zero-order chi connectivity index (χ0) is 20.1. The van der Waals surface area contributed by atoms with Crippen molar-refractivity contribution in [3.8, 4) is 17.2 Å². The third-order valence-corrected chi connectivity index (χ3v) is 3.67. The van der Waals surface area contributed by atoms with Crippen LogP contribution in [0.2, 0.25) is 0 Å². The Labute approximate surface area is 159 Å². The summed E-state index contributed by atoms with van der Waals surface area (Å²) in [7, 11) is 4.53. The molecule has 0 amide bonds. The third-order valence-electron chi connectivity index (χ3n) is 3.67. The number of benzene rings is 2. The molecule has 3 rings (SSSR count). The largest absolute Gasteiger partial charge is 0.493 e. The number of hydrogen-bond donors (Lipinski definition) is 2. The lowest BCUT2D eigenvalue weighted by atomic mass is 10.2. The Bertz CT molecular complexity index is 962. The molecule has 2 N–H and O–H groups in total. The maximum Gasteiger partial charge on any atom is 0.249 e. The van der Waals surface area contributed by atoms with Gasteiger partial charge in [0.25, 0.3) is 0 Å². The van der Waals surface area contributed by atoms with Crippen LogP contribution in [0.15, 0.2) is 36.5 Å². The van der Waals surface area contributed by atoms with Gasteiger partial charge in [0.2, 0.25) is 11.7 Å². The van der Waals surface area contributed by atoms with E-state index >= 15 is 0 Å². The predicted molar refractivity (Wildman–Crippen MR) is 98.8 cm³/mol. The van der Waals surface area contributed by atoms with Crippen molar-refractivity contribution >= 4 is 23.1 Å². The van der Waals surface area contributed by atoms with E-state index in [-0.39, 0.29) is 11.6 Å². The van der Waals surface area contributed by atoms with E-state index < -0.39 is 11.6 Å². The van der Waals surface area contributed by atoms with Crippen molar-refractivity contribution in [2.24, 2.45) is 0 Å². The molecule has 0 radical (unpaired) electrons. The number of nitrogens with zero attached hydrogens (tertiary/aromatic N) is 3. The van der Waals surface area contributed by atoms with Crippen LogP contribution >= 0.6 is 0 Å². The van der Waals surface area contributed by atoms with Crippen LogP contribution in [-0.4, -0.2) is 36.5 Å². The highest BCUT2D eigenvalue weighted by atomic mass is 19.2. The predicted octanol–water partition coefficient (Wildman–Crippen LogP) is 3.66. The van der Waals surface area contributed by atoms with Crippen molar-refractivity contribution in [2.75, 3.05) is 32.0 Å². The number of methoxy groups -OCH3 is 3. The molecular formula is C18H17F2N5O3. The first-order valence-electron chi connectivity index (χ1n) is 8.03. The zero-order valence-corrected chi connectivity index (χ0v) is 15.3. The Morgan fingerprint density at radius 2 is 1.54 bits per heavy atom. The summed E-state index contributed by atoms with van der Waals surface area (Å²) in [5.41, 5.74) is 0.888. The first-order chi connectivity index (χ1) is 13.5. The van der Waals surface area contributed by atoms with Gasteiger partial charge in [0.05, 0.1) is 27.5 Å². The fourth-order valence-electron chi connectivity index (χ4n) is 2.42. The Kier molecular flexibility index (Phi) is 5.68. The maximum atomic E-state index is 13.3. The smallest absolute Gasteiger partial charge is 0.249 e. The van der Waals surface area contributed by atoms with Gasteiger partial charge in [-0.15, -0.1) is 5.10 Å². The number of aromatic nitrogens is 3. The summed E-state index contributed by atoms with van der Waals surface area (Å²) < 4.78 is 42.3. The van der Waals surface area contributed by atoms with E-state index in [1.54, 1.807) is 12.1 Å². The summed E-state index contributed by atoms with van der Waals surface area (Å²) in [5, 5.41) is 13.5. The van der Waals surface area contributed by atoms with Crippen LogP contribution in [0.25, 0.3) is 0 Å². The van der Waals surface area contributed by atoms with Gasteiger partial charge in [-0.1, -0.05) is 0 Å². The van der Waals surface area contributed by atoms with Gasteiger partial charge < -0.3 is 24.8 Å². The van der Waals surface area contributed by atoms with E-state index in [0.717, 1.165) is 12.1 Å². The average molecular weight is 389 g/mol. The molecule has 0 aliphatic carbocycles. The van der Waals surface area contributed by atoms with Gasteiger partial charge in [-0.3, -0.25) is 0 Å². The first-order valence-corrected chi connectivity index (χ1v) is 8.03. The van der Waals surface area contributed by atoms with Crippen LogP contribution in [0, 0.1) is 11.6 Å². The van der Waals surface area contributed by atoms with E-state index in [0.29, 0.717) is 28.8 Å². The standard InChI is InChI=1S/C18H17F2N5O3/c1-26-14-7-11(8-15(27-2)17(14)28-3)22-16-9-21-25-18(24-16)23-10-4-5-12(19)13(20)6-10/h4-9H,1-3H3,(H2,22,23,24,25). The van der Waals surface area contributed by atoms with E-state index in [1.807, 2.05) is 0 Å². The van der Waals surface area contributed by atoms with Crippen molar-refractivity contribution in [3.63, 3.8) is 0 Å². The second kappa shape index (κ2) is 8.33.